The lowest BCUT2D eigenvalue weighted by molar-refractivity contribution is 0.158. The molecule has 0 unspecified atom stereocenters. The van der Waals surface area contributed by atoms with Crippen LogP contribution >= 0.6 is 0 Å². The van der Waals surface area contributed by atoms with Gasteiger partial charge in [-0.3, -0.25) is 0 Å². The van der Waals surface area contributed by atoms with Crippen molar-refractivity contribution in [1.82, 2.24) is 10.1 Å². The Morgan fingerprint density at radius 2 is 2.12 bits per heavy atom. The number of hydrogen-bond donors (Lipinski definition) is 0. The molecule has 2 saturated heterocycles. The minimum absolute atomic E-state index is 0.652. The van der Waals surface area contributed by atoms with Gasteiger partial charge >= 0.3 is 0 Å². The van der Waals surface area contributed by atoms with E-state index in [2.05, 4.69) is 15.0 Å². The van der Waals surface area contributed by atoms with Gasteiger partial charge in [-0.1, -0.05) is 0 Å². The molecule has 1 aromatic heterocycles. The lowest BCUT2D eigenvalue weighted by Gasteiger charge is -2.17. The van der Waals surface area contributed by atoms with E-state index in [9.17, 15) is 0 Å². The fourth-order valence-electron chi connectivity index (χ4n) is 3.93. The smallest absolute Gasteiger partial charge is 0.266 e. The van der Waals surface area contributed by atoms with E-state index in [4.69, 9.17) is 9.26 Å². The Labute approximate surface area is 100 Å². The third kappa shape index (κ3) is 1.41. The van der Waals surface area contributed by atoms with Crippen LogP contribution in [0.2, 0.25) is 0 Å². The Morgan fingerprint density at radius 3 is 2.94 bits per heavy atom. The van der Waals surface area contributed by atoms with E-state index in [1.54, 1.807) is 0 Å². The molecule has 0 bridgehead atoms. The van der Waals surface area contributed by atoms with E-state index in [0.717, 1.165) is 55.9 Å². The first-order valence-electron chi connectivity index (χ1n) is 6.44. The van der Waals surface area contributed by atoms with Gasteiger partial charge in [0.05, 0.1) is 6.61 Å². The SMILES string of the molecule is Cc1nc(N2C[C@@H]3C[C@@H]4COC[C@@H]4[C@@H]3C2)no1. The molecule has 5 heteroatoms. The lowest BCUT2D eigenvalue weighted by Crippen LogP contribution is -2.25. The van der Waals surface area contributed by atoms with E-state index >= 15 is 0 Å². The number of rotatable bonds is 1. The minimum atomic E-state index is 0.652. The Morgan fingerprint density at radius 1 is 1.18 bits per heavy atom. The van der Waals surface area contributed by atoms with Crippen LogP contribution in [-0.2, 0) is 4.74 Å². The maximum atomic E-state index is 5.60. The van der Waals surface area contributed by atoms with Crippen molar-refractivity contribution in [2.75, 3.05) is 31.2 Å². The number of aryl methyl sites for hydroxylation is 1. The summed E-state index contributed by atoms with van der Waals surface area (Å²) in [6.07, 6.45) is 1.32. The molecule has 17 heavy (non-hydrogen) atoms. The molecule has 0 amide bonds. The molecule has 1 saturated carbocycles. The first-order chi connectivity index (χ1) is 8.31. The van der Waals surface area contributed by atoms with Crippen LogP contribution in [0.1, 0.15) is 12.3 Å². The topological polar surface area (TPSA) is 51.4 Å². The van der Waals surface area contributed by atoms with Crippen molar-refractivity contribution in [3.63, 3.8) is 0 Å². The van der Waals surface area contributed by atoms with E-state index in [0.29, 0.717) is 5.89 Å². The second-order valence-electron chi connectivity index (χ2n) is 5.64. The lowest BCUT2D eigenvalue weighted by atomic mass is 9.91. The zero-order valence-electron chi connectivity index (χ0n) is 10.0. The third-order valence-electron chi connectivity index (χ3n) is 4.69. The second kappa shape index (κ2) is 3.45. The summed E-state index contributed by atoms with van der Waals surface area (Å²) >= 11 is 0. The number of fused-ring (bicyclic) bond motifs is 3. The molecule has 2 aliphatic heterocycles. The molecule has 0 spiro atoms. The quantitative estimate of drug-likeness (QED) is 0.729. The number of nitrogens with zero attached hydrogens (tertiary/aromatic N) is 3. The molecule has 0 N–H and O–H groups in total. The Balaban J connectivity index is 1.54. The van der Waals surface area contributed by atoms with Gasteiger partial charge in [0.25, 0.3) is 5.95 Å². The molecule has 0 aromatic carbocycles. The molecule has 0 radical (unpaired) electrons. The number of ether oxygens (including phenoxy) is 1. The highest BCUT2D eigenvalue weighted by Gasteiger charge is 2.50. The third-order valence-corrected chi connectivity index (χ3v) is 4.69. The van der Waals surface area contributed by atoms with Gasteiger partial charge in [-0.05, 0) is 35.2 Å². The first kappa shape index (κ1) is 9.88. The molecule has 1 aromatic rings. The highest BCUT2D eigenvalue weighted by molar-refractivity contribution is 5.31. The van der Waals surface area contributed by atoms with E-state index in [1.165, 1.54) is 6.42 Å². The highest BCUT2D eigenvalue weighted by atomic mass is 16.5. The molecule has 3 aliphatic rings. The Kier molecular flexibility index (Phi) is 2.00. The Bertz CT molecular complexity index is 433. The molecule has 5 nitrogen and oxygen atoms in total. The van der Waals surface area contributed by atoms with Crippen LogP contribution in [0.3, 0.4) is 0 Å². The van der Waals surface area contributed by atoms with Crippen LogP contribution in [0.4, 0.5) is 5.95 Å². The van der Waals surface area contributed by atoms with Crippen molar-refractivity contribution < 1.29 is 9.26 Å². The molecule has 1 aliphatic carbocycles. The molecule has 3 heterocycles. The summed E-state index contributed by atoms with van der Waals surface area (Å²) in [7, 11) is 0. The van der Waals surface area contributed by atoms with Crippen LogP contribution < -0.4 is 4.90 Å². The van der Waals surface area contributed by atoms with Gasteiger partial charge in [0.2, 0.25) is 5.89 Å². The van der Waals surface area contributed by atoms with Crippen LogP contribution in [-0.4, -0.2) is 36.4 Å². The number of anilines is 1. The Hall–Kier alpha value is -1.10. The summed E-state index contributed by atoms with van der Waals surface area (Å²) in [6, 6.07) is 0. The molecular formula is C12H17N3O2. The monoisotopic (exact) mass is 235 g/mol. The standard InChI is InChI=1S/C12H17N3O2/c1-7-13-12(14-17-7)15-3-8-2-9-5-16-6-11(9)10(8)4-15/h8-11H,2-6H2,1H3/t8-,9+,10+,11-/m0/s1. The van der Waals surface area contributed by atoms with Gasteiger partial charge in [-0.25, -0.2) is 0 Å². The number of aromatic nitrogens is 2. The molecular weight excluding hydrogens is 218 g/mol. The molecule has 92 valence electrons. The summed E-state index contributed by atoms with van der Waals surface area (Å²) in [5, 5.41) is 4.02. The first-order valence-corrected chi connectivity index (χ1v) is 6.44. The van der Waals surface area contributed by atoms with Crippen LogP contribution in [0, 0.1) is 30.6 Å². The second-order valence-corrected chi connectivity index (χ2v) is 5.64. The van der Waals surface area contributed by atoms with Gasteiger partial charge in [0.15, 0.2) is 0 Å². The van der Waals surface area contributed by atoms with Crippen molar-refractivity contribution in [3.8, 4) is 0 Å². The average Bonchev–Trinajstić information content (AvgIpc) is 2.95. The summed E-state index contributed by atoms with van der Waals surface area (Å²) in [4.78, 5) is 6.60. The van der Waals surface area contributed by atoms with Crippen molar-refractivity contribution in [3.05, 3.63) is 5.89 Å². The minimum Gasteiger partial charge on any atom is -0.381 e. The van der Waals surface area contributed by atoms with Gasteiger partial charge in [-0.15, -0.1) is 0 Å². The number of hydrogen-bond acceptors (Lipinski definition) is 5. The predicted octanol–water partition coefficient (Wildman–Crippen LogP) is 1.10. The summed E-state index contributed by atoms with van der Waals surface area (Å²) < 4.78 is 10.7. The van der Waals surface area contributed by atoms with Crippen LogP contribution in [0.15, 0.2) is 4.52 Å². The van der Waals surface area contributed by atoms with Crippen molar-refractivity contribution in [1.29, 1.82) is 0 Å². The van der Waals surface area contributed by atoms with Crippen LogP contribution in [0.5, 0.6) is 0 Å². The van der Waals surface area contributed by atoms with Crippen molar-refractivity contribution in [2.45, 2.75) is 13.3 Å². The summed E-state index contributed by atoms with van der Waals surface area (Å²) in [5.41, 5.74) is 0. The average molecular weight is 235 g/mol. The maximum absolute atomic E-state index is 5.60. The zero-order chi connectivity index (χ0) is 11.4. The van der Waals surface area contributed by atoms with Crippen molar-refractivity contribution in [2.24, 2.45) is 23.7 Å². The fraction of sp³-hybridized carbons (Fsp3) is 0.833. The van der Waals surface area contributed by atoms with E-state index in [1.807, 2.05) is 6.92 Å². The zero-order valence-corrected chi connectivity index (χ0v) is 10.0. The highest BCUT2D eigenvalue weighted by Crippen LogP contribution is 2.48. The summed E-state index contributed by atoms with van der Waals surface area (Å²) in [5.74, 6) is 4.61. The largest absolute Gasteiger partial charge is 0.381 e. The van der Waals surface area contributed by atoms with Gasteiger partial charge < -0.3 is 14.2 Å². The van der Waals surface area contributed by atoms with Gasteiger partial charge in [0.1, 0.15) is 0 Å². The van der Waals surface area contributed by atoms with E-state index in [-0.39, 0.29) is 0 Å². The van der Waals surface area contributed by atoms with E-state index < -0.39 is 0 Å². The molecule has 4 rings (SSSR count). The fourth-order valence-corrected chi connectivity index (χ4v) is 3.93. The predicted molar refractivity (Wildman–Crippen MR) is 60.6 cm³/mol. The normalized spacial score (nSPS) is 39.7. The van der Waals surface area contributed by atoms with Crippen molar-refractivity contribution >= 4 is 5.95 Å². The van der Waals surface area contributed by atoms with Gasteiger partial charge in [-0.2, -0.15) is 4.98 Å². The molecule has 4 atom stereocenters. The molecule has 3 fully saturated rings. The van der Waals surface area contributed by atoms with Crippen LogP contribution in [0.25, 0.3) is 0 Å². The van der Waals surface area contributed by atoms with Gasteiger partial charge in [0, 0.05) is 26.6 Å². The summed E-state index contributed by atoms with van der Waals surface area (Å²) in [6.45, 7) is 5.96. The maximum Gasteiger partial charge on any atom is 0.266 e.